The van der Waals surface area contributed by atoms with Crippen LogP contribution in [0.25, 0.3) is 0 Å². The van der Waals surface area contributed by atoms with Gasteiger partial charge in [-0.3, -0.25) is 10.7 Å². The molecule has 0 aliphatic rings. The van der Waals surface area contributed by atoms with E-state index in [0.717, 1.165) is 12.1 Å². The highest BCUT2D eigenvalue weighted by atomic mass is 35.5. The van der Waals surface area contributed by atoms with Crippen LogP contribution in [0.4, 0.5) is 14.9 Å². The molecule has 1 aromatic carbocycles. The highest BCUT2D eigenvalue weighted by Gasteiger charge is 2.02. The van der Waals surface area contributed by atoms with E-state index in [2.05, 4.69) is 5.32 Å². The highest BCUT2D eigenvalue weighted by molar-refractivity contribution is 6.30. The maximum atomic E-state index is 12.8. The first-order valence-electron chi connectivity index (χ1n) is 3.85. The second kappa shape index (κ2) is 4.61. The fraction of sp³-hybridized carbons (Fsp3) is 0. The van der Waals surface area contributed by atoms with Gasteiger partial charge in [0.15, 0.2) is 0 Å². The molecule has 0 unspecified atom stereocenters. The number of guanidine groups is 1. The van der Waals surface area contributed by atoms with Crippen LogP contribution in [0.2, 0.25) is 5.02 Å². The molecule has 0 atom stereocenters. The average molecular weight is 231 g/mol. The summed E-state index contributed by atoms with van der Waals surface area (Å²) >= 11 is 5.58. The Bertz CT molecular complexity index is 389. The van der Waals surface area contributed by atoms with E-state index in [1.54, 1.807) is 0 Å². The number of primary amides is 1. The number of halogens is 2. The van der Waals surface area contributed by atoms with Crippen molar-refractivity contribution >= 4 is 29.3 Å². The van der Waals surface area contributed by atoms with E-state index in [4.69, 9.17) is 22.7 Å². The number of anilines is 1. The van der Waals surface area contributed by atoms with Gasteiger partial charge in [0.1, 0.15) is 5.82 Å². The molecule has 15 heavy (non-hydrogen) atoms. The second-order valence-electron chi connectivity index (χ2n) is 2.65. The molecule has 0 aromatic heterocycles. The molecule has 5 N–H and O–H groups in total. The molecule has 0 spiro atoms. The molecular weight excluding hydrogens is 223 g/mol. The first-order valence-corrected chi connectivity index (χ1v) is 4.23. The van der Waals surface area contributed by atoms with Gasteiger partial charge < -0.3 is 11.1 Å². The summed E-state index contributed by atoms with van der Waals surface area (Å²) in [6.07, 6.45) is 0. The van der Waals surface area contributed by atoms with Gasteiger partial charge in [0.2, 0.25) is 5.96 Å². The summed E-state index contributed by atoms with van der Waals surface area (Å²) in [5, 5.41) is 11.8. The van der Waals surface area contributed by atoms with Crippen molar-refractivity contribution in [2.24, 2.45) is 5.73 Å². The molecular formula is C8H8ClFN4O. The van der Waals surface area contributed by atoms with Crippen molar-refractivity contribution < 1.29 is 9.18 Å². The molecule has 0 bridgehead atoms. The summed E-state index contributed by atoms with van der Waals surface area (Å²) in [6, 6.07) is 2.78. The molecule has 0 fully saturated rings. The van der Waals surface area contributed by atoms with Gasteiger partial charge in [-0.1, -0.05) is 11.6 Å². The minimum atomic E-state index is -0.880. The fourth-order valence-corrected chi connectivity index (χ4v) is 1.15. The van der Waals surface area contributed by atoms with Gasteiger partial charge in [-0.05, 0) is 18.2 Å². The molecule has 5 nitrogen and oxygen atoms in total. The molecule has 1 aromatic rings. The summed E-state index contributed by atoms with van der Waals surface area (Å²) in [7, 11) is 0. The van der Waals surface area contributed by atoms with Gasteiger partial charge in [0.05, 0.1) is 0 Å². The zero-order chi connectivity index (χ0) is 11.4. The second-order valence-corrected chi connectivity index (χ2v) is 3.08. The third kappa shape index (κ3) is 3.82. The Morgan fingerprint density at radius 2 is 2.13 bits per heavy atom. The predicted molar refractivity (Wildman–Crippen MR) is 55.5 cm³/mol. The van der Waals surface area contributed by atoms with Crippen molar-refractivity contribution in [1.82, 2.24) is 5.32 Å². The molecule has 0 aliphatic heterocycles. The van der Waals surface area contributed by atoms with E-state index < -0.39 is 11.8 Å². The lowest BCUT2D eigenvalue weighted by molar-refractivity contribution is 0.253. The largest absolute Gasteiger partial charge is 0.351 e. The first-order chi connectivity index (χ1) is 6.97. The third-order valence-corrected chi connectivity index (χ3v) is 1.60. The molecule has 0 saturated carbocycles. The molecule has 2 amide bonds. The minimum Gasteiger partial charge on any atom is -0.351 e. The standard InChI is InChI=1S/C8H8ClFN4O/c9-4-1-5(10)3-6(2-4)13-7(11)14-8(12)15/h1-3H,(H5,11,12,13,14,15). The SMILES string of the molecule is N=C(NC(N)=O)Nc1cc(F)cc(Cl)c1. The highest BCUT2D eigenvalue weighted by Crippen LogP contribution is 2.17. The van der Waals surface area contributed by atoms with Crippen molar-refractivity contribution in [3.63, 3.8) is 0 Å². The van der Waals surface area contributed by atoms with Gasteiger partial charge in [-0.15, -0.1) is 0 Å². The van der Waals surface area contributed by atoms with E-state index in [1.807, 2.05) is 5.32 Å². The molecule has 1 rings (SSSR count). The van der Waals surface area contributed by atoms with Crippen LogP contribution in [-0.2, 0) is 0 Å². The van der Waals surface area contributed by atoms with Gasteiger partial charge in [0.25, 0.3) is 0 Å². The Hall–Kier alpha value is -1.82. The topological polar surface area (TPSA) is 91.0 Å². The Balaban J connectivity index is 2.72. The van der Waals surface area contributed by atoms with Crippen LogP contribution in [0.1, 0.15) is 0 Å². The number of rotatable bonds is 1. The maximum absolute atomic E-state index is 12.8. The summed E-state index contributed by atoms with van der Waals surface area (Å²) in [4.78, 5) is 10.4. The normalized spacial score (nSPS) is 9.47. The minimum absolute atomic E-state index is 0.185. The van der Waals surface area contributed by atoms with Crippen LogP contribution in [0.5, 0.6) is 0 Å². The number of amides is 2. The van der Waals surface area contributed by atoms with Crippen molar-refractivity contribution in [3.05, 3.63) is 29.0 Å². The van der Waals surface area contributed by atoms with Crippen LogP contribution in [0, 0.1) is 11.2 Å². The summed E-state index contributed by atoms with van der Waals surface area (Å²) in [5.74, 6) is -0.902. The van der Waals surface area contributed by atoms with Crippen LogP contribution >= 0.6 is 11.6 Å². The number of hydrogen-bond donors (Lipinski definition) is 4. The summed E-state index contributed by atoms with van der Waals surface area (Å²) in [6.45, 7) is 0. The first kappa shape index (κ1) is 11.3. The lowest BCUT2D eigenvalue weighted by Gasteiger charge is -2.07. The third-order valence-electron chi connectivity index (χ3n) is 1.38. The Morgan fingerprint density at radius 1 is 1.47 bits per heavy atom. The van der Waals surface area contributed by atoms with Gasteiger partial charge >= 0.3 is 6.03 Å². The smallest absolute Gasteiger partial charge is 0.318 e. The number of nitrogens with two attached hydrogens (primary N) is 1. The van der Waals surface area contributed by atoms with E-state index in [9.17, 15) is 9.18 Å². The zero-order valence-corrected chi connectivity index (χ0v) is 8.23. The van der Waals surface area contributed by atoms with Crippen LogP contribution in [-0.4, -0.2) is 12.0 Å². The Morgan fingerprint density at radius 3 is 2.67 bits per heavy atom. The van der Waals surface area contributed by atoms with E-state index in [-0.39, 0.29) is 16.7 Å². The average Bonchev–Trinajstić information content (AvgIpc) is 1.98. The lowest BCUT2D eigenvalue weighted by atomic mass is 10.3. The number of hydrogen-bond acceptors (Lipinski definition) is 2. The number of nitrogens with one attached hydrogen (secondary N) is 3. The molecule has 0 heterocycles. The fourth-order valence-electron chi connectivity index (χ4n) is 0.925. The molecule has 0 saturated heterocycles. The van der Waals surface area contributed by atoms with Gasteiger partial charge in [-0.2, -0.15) is 0 Å². The molecule has 0 aliphatic carbocycles. The van der Waals surface area contributed by atoms with Gasteiger partial charge in [-0.25, -0.2) is 9.18 Å². The molecule has 7 heteroatoms. The van der Waals surface area contributed by atoms with Gasteiger partial charge in [0, 0.05) is 10.7 Å². The quantitative estimate of drug-likeness (QED) is 0.435. The lowest BCUT2D eigenvalue weighted by Crippen LogP contribution is -2.38. The van der Waals surface area contributed by atoms with Crippen molar-refractivity contribution in [3.8, 4) is 0 Å². The number of benzene rings is 1. The monoisotopic (exact) mass is 230 g/mol. The Labute approximate surface area is 89.9 Å². The van der Waals surface area contributed by atoms with Crippen LogP contribution < -0.4 is 16.4 Å². The molecule has 0 radical (unpaired) electrons. The zero-order valence-electron chi connectivity index (χ0n) is 7.47. The van der Waals surface area contributed by atoms with E-state index >= 15 is 0 Å². The summed E-state index contributed by atoms with van der Waals surface area (Å²) in [5.41, 5.74) is 5.02. The number of urea groups is 1. The van der Waals surface area contributed by atoms with Crippen molar-refractivity contribution in [2.45, 2.75) is 0 Å². The molecule has 80 valence electrons. The Kier molecular flexibility index (Phi) is 3.46. The number of carbonyl (C=O) groups is 1. The van der Waals surface area contributed by atoms with E-state index in [0.29, 0.717) is 0 Å². The van der Waals surface area contributed by atoms with Crippen LogP contribution in [0.3, 0.4) is 0 Å². The predicted octanol–water partition coefficient (Wildman–Crippen LogP) is 1.49. The van der Waals surface area contributed by atoms with E-state index in [1.165, 1.54) is 6.07 Å². The van der Waals surface area contributed by atoms with Crippen molar-refractivity contribution in [2.75, 3.05) is 5.32 Å². The number of carbonyl (C=O) groups excluding carboxylic acids is 1. The van der Waals surface area contributed by atoms with Crippen LogP contribution in [0.15, 0.2) is 18.2 Å². The van der Waals surface area contributed by atoms with Crippen molar-refractivity contribution in [1.29, 1.82) is 5.41 Å². The maximum Gasteiger partial charge on any atom is 0.318 e. The summed E-state index contributed by atoms with van der Waals surface area (Å²) < 4.78 is 12.8.